The summed E-state index contributed by atoms with van der Waals surface area (Å²) in [6.07, 6.45) is 7.70. The van der Waals surface area contributed by atoms with Crippen molar-refractivity contribution in [1.82, 2.24) is 20.1 Å². The molecule has 0 spiro atoms. The van der Waals surface area contributed by atoms with Gasteiger partial charge in [-0.2, -0.15) is 5.10 Å². The second-order valence-electron chi connectivity index (χ2n) is 7.73. The quantitative estimate of drug-likeness (QED) is 0.822. The predicted octanol–water partition coefficient (Wildman–Crippen LogP) is 4.34. The van der Waals surface area contributed by atoms with Gasteiger partial charge >= 0.3 is 6.09 Å². The van der Waals surface area contributed by atoms with Gasteiger partial charge in [-0.25, -0.2) is 9.78 Å². The summed E-state index contributed by atoms with van der Waals surface area (Å²) in [5.41, 5.74) is 0.426. The minimum Gasteiger partial charge on any atom is -0.444 e. The van der Waals surface area contributed by atoms with Crippen LogP contribution in [-0.2, 0) is 4.74 Å². The van der Waals surface area contributed by atoms with E-state index in [4.69, 9.17) is 16.3 Å². The fourth-order valence-electron chi connectivity index (χ4n) is 3.26. The van der Waals surface area contributed by atoms with Gasteiger partial charge in [-0.15, -0.1) is 0 Å². The molecule has 0 unspecified atom stereocenters. The van der Waals surface area contributed by atoms with Gasteiger partial charge in [-0.1, -0.05) is 11.6 Å². The molecule has 3 rings (SSSR count). The Balaban J connectivity index is 1.50. The van der Waals surface area contributed by atoms with Crippen LogP contribution in [0.4, 0.5) is 4.79 Å². The monoisotopic (exact) mass is 364 g/mol. The first kappa shape index (κ1) is 18.0. The fourth-order valence-corrected chi connectivity index (χ4v) is 3.41. The summed E-state index contributed by atoms with van der Waals surface area (Å²) in [7, 11) is 0. The minimum absolute atomic E-state index is 0.336. The van der Waals surface area contributed by atoms with E-state index >= 15 is 0 Å². The Kier molecular flexibility index (Phi) is 5.18. The second kappa shape index (κ2) is 7.20. The fraction of sp³-hybridized carbons (Fsp3) is 0.611. The molecule has 1 amide bonds. The summed E-state index contributed by atoms with van der Waals surface area (Å²) >= 11 is 5.93. The van der Waals surface area contributed by atoms with Gasteiger partial charge in [-0.05, 0) is 52.4 Å². The number of amides is 1. The molecule has 2 aromatic rings. The van der Waals surface area contributed by atoms with Crippen molar-refractivity contribution in [2.75, 3.05) is 6.54 Å². The lowest BCUT2D eigenvalue weighted by Crippen LogP contribution is -2.36. The van der Waals surface area contributed by atoms with E-state index in [9.17, 15) is 4.79 Å². The van der Waals surface area contributed by atoms with Gasteiger partial charge in [0.25, 0.3) is 0 Å². The zero-order valence-corrected chi connectivity index (χ0v) is 15.7. The van der Waals surface area contributed by atoms with Gasteiger partial charge in [0, 0.05) is 30.4 Å². The normalized spacial score (nSPS) is 21.3. The van der Waals surface area contributed by atoms with Crippen molar-refractivity contribution < 1.29 is 9.53 Å². The third kappa shape index (κ3) is 4.84. The van der Waals surface area contributed by atoms with Crippen molar-refractivity contribution in [2.24, 2.45) is 5.92 Å². The topological polar surface area (TPSA) is 69.0 Å². The standard InChI is InChI=1S/C18H25ClN4O2/c1-18(2,3)25-17(24)21-9-12-4-6-14(7-5-12)23-11-13-10-20-16(19)8-15(13)22-23/h8,10-12,14H,4-7,9H2,1-3H3,(H,21,24). The number of rotatable bonds is 3. The molecule has 1 fully saturated rings. The molecule has 0 bridgehead atoms. The number of carbonyl (C=O) groups excluding carboxylic acids is 1. The highest BCUT2D eigenvalue weighted by Crippen LogP contribution is 2.32. The maximum absolute atomic E-state index is 11.7. The Morgan fingerprint density at radius 3 is 2.76 bits per heavy atom. The molecule has 6 nitrogen and oxygen atoms in total. The highest BCUT2D eigenvalue weighted by Gasteiger charge is 2.24. The van der Waals surface area contributed by atoms with Crippen LogP contribution in [0.2, 0.25) is 5.15 Å². The van der Waals surface area contributed by atoms with Crippen molar-refractivity contribution in [1.29, 1.82) is 0 Å². The highest BCUT2D eigenvalue weighted by atomic mass is 35.5. The van der Waals surface area contributed by atoms with E-state index in [0.29, 0.717) is 23.7 Å². The molecule has 136 valence electrons. The number of nitrogens with one attached hydrogen (secondary N) is 1. The van der Waals surface area contributed by atoms with Crippen LogP contribution in [0.15, 0.2) is 18.5 Å². The summed E-state index contributed by atoms with van der Waals surface area (Å²) in [6.45, 7) is 6.28. The molecule has 0 saturated heterocycles. The zero-order valence-electron chi connectivity index (χ0n) is 15.0. The van der Waals surface area contributed by atoms with Gasteiger partial charge in [0.2, 0.25) is 0 Å². The van der Waals surface area contributed by atoms with Crippen LogP contribution in [0.5, 0.6) is 0 Å². The van der Waals surface area contributed by atoms with E-state index in [1.165, 1.54) is 0 Å². The molecule has 2 aromatic heterocycles. The first-order valence-corrected chi connectivity index (χ1v) is 9.15. The van der Waals surface area contributed by atoms with Crippen molar-refractivity contribution in [3.05, 3.63) is 23.6 Å². The number of alkyl carbamates (subject to hydrolysis) is 1. The van der Waals surface area contributed by atoms with Gasteiger partial charge < -0.3 is 10.1 Å². The molecule has 0 aromatic carbocycles. The van der Waals surface area contributed by atoms with Crippen LogP contribution in [0.3, 0.4) is 0 Å². The lowest BCUT2D eigenvalue weighted by atomic mass is 9.86. The molecule has 2 heterocycles. The van der Waals surface area contributed by atoms with Crippen LogP contribution in [-0.4, -0.2) is 33.0 Å². The van der Waals surface area contributed by atoms with Crippen LogP contribution in [0.25, 0.3) is 10.9 Å². The maximum atomic E-state index is 11.7. The zero-order chi connectivity index (χ0) is 18.0. The SMILES string of the molecule is CC(C)(C)OC(=O)NCC1CCC(n2cc3cnc(Cl)cc3n2)CC1. The van der Waals surface area contributed by atoms with Crippen molar-refractivity contribution in [3.8, 4) is 0 Å². The molecule has 1 N–H and O–H groups in total. The number of hydrogen-bond acceptors (Lipinski definition) is 4. The van der Waals surface area contributed by atoms with Gasteiger partial charge in [-0.3, -0.25) is 4.68 Å². The van der Waals surface area contributed by atoms with Crippen LogP contribution >= 0.6 is 11.6 Å². The minimum atomic E-state index is -0.457. The highest BCUT2D eigenvalue weighted by molar-refractivity contribution is 6.29. The van der Waals surface area contributed by atoms with Gasteiger partial charge in [0.15, 0.2) is 0 Å². The van der Waals surface area contributed by atoms with Crippen LogP contribution in [0.1, 0.15) is 52.5 Å². The number of carbonyl (C=O) groups is 1. The summed E-state index contributed by atoms with van der Waals surface area (Å²) in [5, 5.41) is 9.00. The van der Waals surface area contributed by atoms with E-state index in [-0.39, 0.29) is 6.09 Å². The Morgan fingerprint density at radius 2 is 2.08 bits per heavy atom. The first-order valence-electron chi connectivity index (χ1n) is 8.77. The number of hydrogen-bond donors (Lipinski definition) is 1. The number of aromatic nitrogens is 3. The van der Waals surface area contributed by atoms with Crippen molar-refractivity contribution in [3.63, 3.8) is 0 Å². The molecule has 1 aliphatic carbocycles. The Hall–Kier alpha value is -1.82. The van der Waals surface area contributed by atoms with E-state index in [1.54, 1.807) is 12.3 Å². The molecule has 0 aliphatic heterocycles. The Bertz CT molecular complexity index is 745. The van der Waals surface area contributed by atoms with Gasteiger partial charge in [0.1, 0.15) is 10.8 Å². The smallest absolute Gasteiger partial charge is 0.407 e. The van der Waals surface area contributed by atoms with Crippen LogP contribution < -0.4 is 5.32 Å². The maximum Gasteiger partial charge on any atom is 0.407 e. The molecule has 1 aliphatic rings. The molecule has 25 heavy (non-hydrogen) atoms. The first-order chi connectivity index (χ1) is 11.8. The molecule has 7 heteroatoms. The predicted molar refractivity (Wildman–Crippen MR) is 97.8 cm³/mol. The lowest BCUT2D eigenvalue weighted by Gasteiger charge is -2.29. The average Bonchev–Trinajstić information content (AvgIpc) is 2.95. The van der Waals surface area contributed by atoms with Crippen LogP contribution in [0, 0.1) is 5.92 Å². The van der Waals surface area contributed by atoms with E-state index < -0.39 is 5.60 Å². The third-order valence-electron chi connectivity index (χ3n) is 4.50. The van der Waals surface area contributed by atoms with Crippen molar-refractivity contribution in [2.45, 2.75) is 58.1 Å². The molecular formula is C18H25ClN4O2. The molecule has 0 atom stereocenters. The average molecular weight is 365 g/mol. The van der Waals surface area contributed by atoms with Gasteiger partial charge in [0.05, 0.1) is 11.6 Å². The van der Waals surface area contributed by atoms with E-state index in [2.05, 4.69) is 15.4 Å². The molecular weight excluding hydrogens is 340 g/mol. The number of ether oxygens (including phenoxy) is 1. The number of fused-ring (bicyclic) bond motifs is 1. The number of nitrogens with zero attached hydrogens (tertiary/aromatic N) is 3. The largest absolute Gasteiger partial charge is 0.444 e. The summed E-state index contributed by atoms with van der Waals surface area (Å²) in [5.74, 6) is 0.491. The Labute approximate surface area is 152 Å². The number of pyridine rings is 1. The summed E-state index contributed by atoms with van der Waals surface area (Å²) in [4.78, 5) is 15.9. The number of halogens is 1. The van der Waals surface area contributed by atoms with Crippen molar-refractivity contribution >= 4 is 28.6 Å². The molecule has 1 saturated carbocycles. The lowest BCUT2D eigenvalue weighted by molar-refractivity contribution is 0.0513. The summed E-state index contributed by atoms with van der Waals surface area (Å²) < 4.78 is 7.32. The second-order valence-corrected chi connectivity index (χ2v) is 8.12. The van der Waals surface area contributed by atoms with E-state index in [1.807, 2.05) is 31.6 Å². The van der Waals surface area contributed by atoms with E-state index in [0.717, 1.165) is 36.6 Å². The summed E-state index contributed by atoms with van der Waals surface area (Å²) in [6, 6.07) is 2.19. The third-order valence-corrected chi connectivity index (χ3v) is 4.70. The Morgan fingerprint density at radius 1 is 1.36 bits per heavy atom. The molecule has 0 radical (unpaired) electrons.